The van der Waals surface area contributed by atoms with Crippen molar-refractivity contribution in [2.45, 2.75) is 51.0 Å². The normalized spacial score (nSPS) is 16.3. The van der Waals surface area contributed by atoms with Crippen molar-refractivity contribution in [1.29, 1.82) is 0 Å². The van der Waals surface area contributed by atoms with Gasteiger partial charge in [0.05, 0.1) is 4.90 Å². The highest BCUT2D eigenvalue weighted by Gasteiger charge is 2.35. The van der Waals surface area contributed by atoms with E-state index >= 15 is 0 Å². The number of amides is 1. The molecule has 3 rings (SSSR count). The quantitative estimate of drug-likeness (QED) is 0.709. The average Bonchev–Trinajstić information content (AvgIpc) is 2.69. The number of piperidine rings is 1. The summed E-state index contributed by atoms with van der Waals surface area (Å²) in [7, 11) is -1.59. The summed E-state index contributed by atoms with van der Waals surface area (Å²) in [6, 6.07) is 12.2. The maximum absolute atomic E-state index is 13.1. The van der Waals surface area contributed by atoms with Crippen LogP contribution in [0.5, 0.6) is 0 Å². The van der Waals surface area contributed by atoms with E-state index in [2.05, 4.69) is 22.0 Å². The van der Waals surface area contributed by atoms with Crippen molar-refractivity contribution in [3.63, 3.8) is 0 Å². The fraction of sp³-hybridized carbons (Fsp3) is 0.458. The van der Waals surface area contributed by atoms with Crippen LogP contribution in [0.25, 0.3) is 0 Å². The van der Waals surface area contributed by atoms with Crippen LogP contribution in [0.3, 0.4) is 0 Å². The predicted molar refractivity (Wildman–Crippen MR) is 125 cm³/mol. The molecule has 1 saturated heterocycles. The standard InChI is InChI=1S/C24H33N3O3S/c1-17-8-6-7-9-21(17)23(28)25-22-11-10-20(16-18(22)2)31(29,30)26-24(3,4)19-12-14-27(5)15-13-19/h6-11,16,19,26H,12-15H2,1-5H3,(H,25,28). The van der Waals surface area contributed by atoms with Crippen LogP contribution in [0.1, 0.15) is 48.2 Å². The molecular formula is C24H33N3O3S. The molecule has 0 aliphatic carbocycles. The number of aryl methyl sites for hydroxylation is 2. The maximum Gasteiger partial charge on any atom is 0.255 e. The summed E-state index contributed by atoms with van der Waals surface area (Å²) >= 11 is 0. The van der Waals surface area contributed by atoms with Gasteiger partial charge in [-0.3, -0.25) is 4.79 Å². The molecule has 1 heterocycles. The monoisotopic (exact) mass is 443 g/mol. The molecule has 0 bridgehead atoms. The molecule has 2 aromatic carbocycles. The van der Waals surface area contributed by atoms with Crippen molar-refractivity contribution in [1.82, 2.24) is 9.62 Å². The molecule has 168 valence electrons. The Morgan fingerprint density at radius 1 is 1.03 bits per heavy atom. The molecule has 0 radical (unpaired) electrons. The minimum absolute atomic E-state index is 0.208. The van der Waals surface area contributed by atoms with Gasteiger partial charge in [0.15, 0.2) is 0 Å². The van der Waals surface area contributed by atoms with E-state index in [4.69, 9.17) is 0 Å². The number of benzene rings is 2. The summed E-state index contributed by atoms with van der Waals surface area (Å²) < 4.78 is 29.1. The number of sulfonamides is 1. The zero-order valence-electron chi connectivity index (χ0n) is 19.0. The van der Waals surface area contributed by atoms with Gasteiger partial charge in [-0.2, -0.15) is 0 Å². The SMILES string of the molecule is Cc1cc(S(=O)(=O)NC(C)(C)C2CCN(C)CC2)ccc1NC(=O)c1ccccc1C. The van der Waals surface area contributed by atoms with Gasteiger partial charge in [0.1, 0.15) is 0 Å². The van der Waals surface area contributed by atoms with E-state index in [0.717, 1.165) is 31.5 Å². The van der Waals surface area contributed by atoms with E-state index in [1.165, 1.54) is 0 Å². The van der Waals surface area contributed by atoms with Crippen molar-refractivity contribution in [2.24, 2.45) is 5.92 Å². The highest BCUT2D eigenvalue weighted by molar-refractivity contribution is 7.89. The van der Waals surface area contributed by atoms with Crippen molar-refractivity contribution >= 4 is 21.6 Å². The predicted octanol–water partition coefficient (Wildman–Crippen LogP) is 3.95. The zero-order valence-corrected chi connectivity index (χ0v) is 19.8. The van der Waals surface area contributed by atoms with Crippen LogP contribution in [0.4, 0.5) is 5.69 Å². The largest absolute Gasteiger partial charge is 0.322 e. The lowest BCUT2D eigenvalue weighted by molar-refractivity contribution is 0.102. The topological polar surface area (TPSA) is 78.5 Å². The van der Waals surface area contributed by atoms with E-state index in [0.29, 0.717) is 16.8 Å². The molecule has 0 unspecified atom stereocenters. The molecular weight excluding hydrogens is 410 g/mol. The minimum atomic E-state index is -3.68. The van der Waals surface area contributed by atoms with Gasteiger partial charge >= 0.3 is 0 Å². The van der Waals surface area contributed by atoms with Gasteiger partial charge < -0.3 is 10.2 Å². The Labute approximate surface area is 186 Å². The number of anilines is 1. The molecule has 2 aromatic rings. The lowest BCUT2D eigenvalue weighted by atomic mass is 9.81. The zero-order chi connectivity index (χ0) is 22.8. The number of likely N-dealkylation sites (tertiary alicyclic amines) is 1. The lowest BCUT2D eigenvalue weighted by Crippen LogP contribution is -2.51. The van der Waals surface area contributed by atoms with E-state index in [9.17, 15) is 13.2 Å². The highest BCUT2D eigenvalue weighted by Crippen LogP contribution is 2.30. The molecule has 6 nitrogen and oxygen atoms in total. The van der Waals surface area contributed by atoms with Crippen LogP contribution in [-0.2, 0) is 10.0 Å². The molecule has 1 aliphatic rings. The van der Waals surface area contributed by atoms with Crippen LogP contribution in [0, 0.1) is 19.8 Å². The third kappa shape index (κ3) is 5.53. The minimum Gasteiger partial charge on any atom is -0.322 e. The van der Waals surface area contributed by atoms with Gasteiger partial charge in [-0.15, -0.1) is 0 Å². The summed E-state index contributed by atoms with van der Waals surface area (Å²) in [5.74, 6) is 0.0746. The van der Waals surface area contributed by atoms with Gasteiger partial charge in [-0.05, 0) is 102 Å². The molecule has 1 aliphatic heterocycles. The van der Waals surface area contributed by atoms with Crippen LogP contribution in [-0.4, -0.2) is 44.9 Å². The van der Waals surface area contributed by atoms with Gasteiger partial charge in [-0.1, -0.05) is 18.2 Å². The Morgan fingerprint density at radius 3 is 2.29 bits per heavy atom. The number of carbonyl (C=O) groups is 1. The number of hydrogen-bond acceptors (Lipinski definition) is 4. The highest BCUT2D eigenvalue weighted by atomic mass is 32.2. The first-order valence-corrected chi connectivity index (χ1v) is 12.2. The summed E-state index contributed by atoms with van der Waals surface area (Å²) in [6.45, 7) is 9.56. The molecule has 31 heavy (non-hydrogen) atoms. The fourth-order valence-electron chi connectivity index (χ4n) is 4.18. The summed E-state index contributed by atoms with van der Waals surface area (Å²) in [4.78, 5) is 15.1. The fourth-order valence-corrected chi connectivity index (χ4v) is 5.74. The van der Waals surface area contributed by atoms with Gasteiger partial charge in [0.2, 0.25) is 10.0 Å². The number of rotatable bonds is 6. The van der Waals surface area contributed by atoms with Crippen molar-refractivity contribution < 1.29 is 13.2 Å². The van der Waals surface area contributed by atoms with Gasteiger partial charge in [0.25, 0.3) is 5.91 Å². The van der Waals surface area contributed by atoms with Crippen molar-refractivity contribution in [2.75, 3.05) is 25.5 Å². The van der Waals surface area contributed by atoms with E-state index in [1.54, 1.807) is 31.2 Å². The average molecular weight is 444 g/mol. The third-order valence-electron chi connectivity index (χ3n) is 6.28. The molecule has 0 saturated carbocycles. The van der Waals surface area contributed by atoms with Gasteiger partial charge in [-0.25, -0.2) is 13.1 Å². The van der Waals surface area contributed by atoms with Crippen LogP contribution in [0.15, 0.2) is 47.4 Å². The molecule has 1 amide bonds. The van der Waals surface area contributed by atoms with Crippen molar-refractivity contribution in [3.05, 3.63) is 59.2 Å². The first kappa shape index (κ1) is 23.4. The Bertz CT molecular complexity index is 1060. The van der Waals surface area contributed by atoms with E-state index < -0.39 is 15.6 Å². The Morgan fingerprint density at radius 2 is 1.68 bits per heavy atom. The maximum atomic E-state index is 13.1. The second-order valence-electron chi connectivity index (χ2n) is 9.15. The van der Waals surface area contributed by atoms with E-state index in [1.807, 2.05) is 39.0 Å². The second-order valence-corrected chi connectivity index (χ2v) is 10.8. The Balaban J connectivity index is 1.75. The molecule has 1 fully saturated rings. The first-order chi connectivity index (χ1) is 14.5. The number of carbonyl (C=O) groups excluding carboxylic acids is 1. The van der Waals surface area contributed by atoms with Crippen molar-refractivity contribution in [3.8, 4) is 0 Å². The molecule has 2 N–H and O–H groups in total. The van der Waals surface area contributed by atoms with Crippen LogP contribution < -0.4 is 10.0 Å². The van der Waals surface area contributed by atoms with Crippen LogP contribution >= 0.6 is 0 Å². The molecule has 7 heteroatoms. The number of hydrogen-bond donors (Lipinski definition) is 2. The summed E-state index contributed by atoms with van der Waals surface area (Å²) in [5, 5.41) is 2.89. The Hall–Kier alpha value is -2.22. The smallest absolute Gasteiger partial charge is 0.255 e. The van der Waals surface area contributed by atoms with Gasteiger partial charge in [0, 0.05) is 16.8 Å². The third-order valence-corrected chi connectivity index (χ3v) is 7.95. The number of nitrogens with zero attached hydrogens (tertiary/aromatic N) is 1. The molecule has 0 aromatic heterocycles. The molecule has 0 spiro atoms. The molecule has 0 atom stereocenters. The lowest BCUT2D eigenvalue weighted by Gasteiger charge is -2.39. The van der Waals surface area contributed by atoms with E-state index in [-0.39, 0.29) is 16.7 Å². The first-order valence-electron chi connectivity index (χ1n) is 10.7. The summed E-state index contributed by atoms with van der Waals surface area (Å²) in [5.41, 5.74) is 2.24. The summed E-state index contributed by atoms with van der Waals surface area (Å²) in [6.07, 6.45) is 1.93. The second kappa shape index (κ2) is 9.10. The number of nitrogens with one attached hydrogen (secondary N) is 2. The van der Waals surface area contributed by atoms with Crippen LogP contribution in [0.2, 0.25) is 0 Å². The Kier molecular flexibility index (Phi) is 6.88.